The van der Waals surface area contributed by atoms with Crippen molar-refractivity contribution < 1.29 is 45.7 Å². The van der Waals surface area contributed by atoms with Gasteiger partial charge in [-0.15, -0.1) is 17.8 Å². The first-order valence-electron chi connectivity index (χ1n) is 23.2. The number of nitrogens with zero attached hydrogens (tertiary/aromatic N) is 8. The molecule has 4 atom stereocenters. The van der Waals surface area contributed by atoms with Crippen molar-refractivity contribution in [1.82, 2.24) is 34.5 Å². The monoisotopic (exact) mass is 950 g/mol. The van der Waals surface area contributed by atoms with Gasteiger partial charge >= 0.3 is 18.3 Å². The van der Waals surface area contributed by atoms with Gasteiger partial charge in [0.2, 0.25) is 0 Å². The van der Waals surface area contributed by atoms with E-state index in [1.165, 1.54) is 25.4 Å². The third kappa shape index (κ3) is 8.65. The molecular weight excluding hydrogens is 896 g/mol. The van der Waals surface area contributed by atoms with Crippen LogP contribution in [0.1, 0.15) is 89.5 Å². The van der Waals surface area contributed by atoms with Gasteiger partial charge in [-0.3, -0.25) is 9.88 Å². The van der Waals surface area contributed by atoms with E-state index >= 15 is 22.0 Å². The molecule has 3 unspecified atom stereocenters. The summed E-state index contributed by atoms with van der Waals surface area (Å²) in [6.45, 7) is 10.1. The average Bonchev–Trinajstić information content (AvgIpc) is 3.64. The minimum absolute atomic E-state index is 0.0197. The second kappa shape index (κ2) is 17.3. The van der Waals surface area contributed by atoms with E-state index in [2.05, 4.69) is 25.8 Å². The van der Waals surface area contributed by atoms with Crippen molar-refractivity contribution in [3.63, 3.8) is 0 Å². The molecule has 19 heteroatoms. The molecule has 1 amide bonds. The number of ether oxygens (including phenoxy) is 4. The van der Waals surface area contributed by atoms with E-state index in [4.69, 9.17) is 35.3 Å². The Kier molecular flexibility index (Phi) is 11.8. The molecule has 5 fully saturated rings. The number of carbonyl (C=O) groups is 1. The van der Waals surface area contributed by atoms with E-state index in [1.54, 1.807) is 15.6 Å². The first-order valence-corrected chi connectivity index (χ1v) is 24.0. The smallest absolute Gasteiger partial charge is 0.417 e. The van der Waals surface area contributed by atoms with E-state index in [-0.39, 0.29) is 66.5 Å². The Hall–Kier alpha value is -4.90. The van der Waals surface area contributed by atoms with Crippen LogP contribution in [0.2, 0.25) is 0 Å². The van der Waals surface area contributed by atoms with Crippen LogP contribution in [0.4, 0.5) is 32.6 Å². The topological polar surface area (TPSA) is 120 Å². The zero-order chi connectivity index (χ0) is 47.0. The normalized spacial score (nSPS) is 24.7. The Labute approximate surface area is 389 Å². The van der Waals surface area contributed by atoms with E-state index in [9.17, 15) is 4.79 Å². The Bertz CT molecular complexity index is 2720. The van der Waals surface area contributed by atoms with Gasteiger partial charge in [0.05, 0.1) is 57.2 Å². The number of rotatable bonds is 11. The lowest BCUT2D eigenvalue weighted by Crippen LogP contribution is -2.57. The number of aromatic nitrogens is 5. The number of piperidine rings is 1. The molecule has 8 heterocycles. The molecule has 67 heavy (non-hydrogen) atoms. The summed E-state index contributed by atoms with van der Waals surface area (Å²) in [7, 11) is 0. The SMILES string of the molecule is C#CCOCC1CCN(C[C@]2(COc3nc(N4CC5CCC(C4)N5C(=O)OC(C)(C)C)c4c(n3)sc3c(-c5c(C(F)(F)F)c(C)cc6c5cnn6C5CCCCO5)nccc34)CC2(F)F)CC1. The molecule has 358 valence electrons. The molecule has 10 rings (SSSR count). The zero-order valence-corrected chi connectivity index (χ0v) is 39.0. The number of carbonyl (C=O) groups excluding carboxylic acids is 1. The van der Waals surface area contributed by atoms with Crippen LogP contribution in [0.3, 0.4) is 0 Å². The summed E-state index contributed by atoms with van der Waals surface area (Å²) in [5, 5.41) is 6.04. The molecule has 1 aliphatic carbocycles. The number of thiophene rings is 1. The molecule has 4 saturated heterocycles. The number of hydrogen-bond donors (Lipinski definition) is 0. The number of anilines is 1. The van der Waals surface area contributed by atoms with Crippen molar-refractivity contribution in [2.75, 3.05) is 64.1 Å². The van der Waals surface area contributed by atoms with Crippen LogP contribution < -0.4 is 9.64 Å². The predicted molar refractivity (Wildman–Crippen MR) is 243 cm³/mol. The molecule has 2 bridgehead atoms. The Morgan fingerprint density at radius 3 is 2.45 bits per heavy atom. The van der Waals surface area contributed by atoms with E-state index in [0.29, 0.717) is 83.4 Å². The summed E-state index contributed by atoms with van der Waals surface area (Å²) >= 11 is 1.16. The summed E-state index contributed by atoms with van der Waals surface area (Å²) in [6.07, 6.45) is 7.92. The molecule has 4 aromatic heterocycles. The fourth-order valence-corrected chi connectivity index (χ4v) is 11.9. The Morgan fingerprint density at radius 1 is 1.04 bits per heavy atom. The number of fused-ring (bicyclic) bond motifs is 6. The number of amides is 1. The standard InChI is InChI=1S/C48H55F5N8O5S/c1-6-18-63-24-29-13-16-58(17-14-29)26-46(25-47(46,49)50)27-65-43-56-41(59-22-30-10-11-31(23-59)60(30)44(62)66-45(3,4)5)37-32-12-15-54-39(40(32)67-42(37)57-43)36-33-21-55-61(35-9-7-8-19-64-35)34(33)20-28(2)38(36)48(51,52)53/h1,12,15,20-21,29-31,35H,7-11,13-14,16-19,22-27H2,2-5H3/t30?,31?,35?,46-/m0/s1. The first kappa shape index (κ1) is 45.9. The fourth-order valence-electron chi connectivity index (χ4n) is 10.8. The number of likely N-dealkylation sites (tertiary alicyclic amines) is 1. The van der Waals surface area contributed by atoms with Crippen LogP contribution in [-0.4, -0.2) is 123 Å². The summed E-state index contributed by atoms with van der Waals surface area (Å²) in [5.41, 5.74) is -2.43. The summed E-state index contributed by atoms with van der Waals surface area (Å²) in [4.78, 5) is 34.3. The number of hydrogen-bond acceptors (Lipinski definition) is 12. The fraction of sp³-hybridized carbons (Fsp3) is 0.604. The van der Waals surface area contributed by atoms with E-state index in [1.807, 2.05) is 20.8 Å². The van der Waals surface area contributed by atoms with Crippen molar-refractivity contribution in [1.29, 1.82) is 0 Å². The number of terminal acetylenes is 1. The van der Waals surface area contributed by atoms with Crippen LogP contribution in [0, 0.1) is 30.6 Å². The first-order chi connectivity index (χ1) is 31.9. The molecule has 0 spiro atoms. The van der Waals surface area contributed by atoms with Crippen molar-refractivity contribution in [2.24, 2.45) is 11.3 Å². The average molecular weight is 951 g/mol. The molecule has 13 nitrogen and oxygen atoms in total. The lowest BCUT2D eigenvalue weighted by molar-refractivity contribution is -0.137. The molecular formula is C48H55F5N8O5S. The highest BCUT2D eigenvalue weighted by Gasteiger charge is 2.72. The lowest BCUT2D eigenvalue weighted by atomic mass is 9.94. The predicted octanol–water partition coefficient (Wildman–Crippen LogP) is 9.64. The maximum Gasteiger partial charge on any atom is 0.417 e. The van der Waals surface area contributed by atoms with Gasteiger partial charge in [-0.25, -0.2) is 18.3 Å². The quantitative estimate of drug-likeness (QED) is 0.0716. The van der Waals surface area contributed by atoms with Gasteiger partial charge in [0.25, 0.3) is 5.92 Å². The third-order valence-electron chi connectivity index (χ3n) is 14.1. The molecule has 0 N–H and O–H groups in total. The highest BCUT2D eigenvalue weighted by Crippen LogP contribution is 2.61. The largest absolute Gasteiger partial charge is 0.462 e. The molecule has 4 aliphatic heterocycles. The van der Waals surface area contributed by atoms with Gasteiger partial charge in [0.1, 0.15) is 29.5 Å². The summed E-state index contributed by atoms with van der Waals surface area (Å²) in [5.74, 6) is 0.263. The second-order valence-electron chi connectivity index (χ2n) is 20.0. The van der Waals surface area contributed by atoms with Crippen LogP contribution in [0.15, 0.2) is 24.5 Å². The van der Waals surface area contributed by atoms with Gasteiger partial charge < -0.3 is 28.7 Å². The second-order valence-corrected chi connectivity index (χ2v) is 21.0. The van der Waals surface area contributed by atoms with Crippen molar-refractivity contribution in [3.8, 4) is 29.6 Å². The van der Waals surface area contributed by atoms with E-state index < -0.39 is 41.0 Å². The third-order valence-corrected chi connectivity index (χ3v) is 15.2. The summed E-state index contributed by atoms with van der Waals surface area (Å²) in [6, 6.07) is 2.73. The van der Waals surface area contributed by atoms with Crippen molar-refractivity contribution in [3.05, 3.63) is 35.7 Å². The van der Waals surface area contributed by atoms with E-state index in [0.717, 1.165) is 49.9 Å². The molecule has 0 radical (unpaired) electrons. The lowest BCUT2D eigenvalue weighted by Gasteiger charge is -2.42. The maximum absolute atomic E-state index is 15.5. The number of benzene rings is 1. The number of aryl methyl sites for hydroxylation is 1. The maximum atomic E-state index is 15.5. The van der Waals surface area contributed by atoms with Gasteiger partial charge in [0.15, 0.2) is 6.23 Å². The summed E-state index contributed by atoms with van der Waals surface area (Å²) < 4.78 is 103. The highest BCUT2D eigenvalue weighted by molar-refractivity contribution is 7.26. The molecule has 1 saturated carbocycles. The molecule has 5 aromatic rings. The number of alkyl halides is 5. The zero-order valence-electron chi connectivity index (χ0n) is 38.1. The highest BCUT2D eigenvalue weighted by atomic mass is 32.1. The minimum atomic E-state index is -4.75. The van der Waals surface area contributed by atoms with Gasteiger partial charge in [0, 0.05) is 55.2 Å². The van der Waals surface area contributed by atoms with Gasteiger partial charge in [-0.1, -0.05) is 5.92 Å². The van der Waals surface area contributed by atoms with Crippen LogP contribution in [-0.2, 0) is 20.4 Å². The van der Waals surface area contributed by atoms with Crippen LogP contribution in [0.25, 0.3) is 42.5 Å². The van der Waals surface area contributed by atoms with Gasteiger partial charge in [-0.2, -0.15) is 28.2 Å². The Balaban J connectivity index is 1.05. The van der Waals surface area contributed by atoms with Crippen LogP contribution in [0.5, 0.6) is 6.01 Å². The molecule has 1 aromatic carbocycles. The minimum Gasteiger partial charge on any atom is -0.462 e. The number of pyridine rings is 1. The van der Waals surface area contributed by atoms with Gasteiger partial charge in [-0.05, 0) is 109 Å². The number of halogens is 5. The van der Waals surface area contributed by atoms with Crippen molar-refractivity contribution >= 4 is 54.5 Å². The Morgan fingerprint density at radius 2 is 1.79 bits per heavy atom. The van der Waals surface area contributed by atoms with Crippen molar-refractivity contribution in [2.45, 2.75) is 115 Å². The van der Waals surface area contributed by atoms with Crippen LogP contribution >= 0.6 is 11.3 Å². The molecule has 5 aliphatic rings. The number of piperazine rings is 1.